The highest BCUT2D eigenvalue weighted by Crippen LogP contribution is 2.31. The molecule has 0 spiro atoms. The fraction of sp³-hybridized carbons (Fsp3) is 1.00. The van der Waals surface area contributed by atoms with Gasteiger partial charge in [-0.3, -0.25) is 4.90 Å². The molecule has 2 heterocycles. The van der Waals surface area contributed by atoms with Gasteiger partial charge >= 0.3 is 0 Å². The molecular formula is C16H33N3. The molecule has 3 heteroatoms. The summed E-state index contributed by atoms with van der Waals surface area (Å²) in [5.74, 6) is 0. The van der Waals surface area contributed by atoms with Crippen LogP contribution in [0.1, 0.15) is 47.0 Å². The Hall–Kier alpha value is -0.120. The summed E-state index contributed by atoms with van der Waals surface area (Å²) in [5, 5.41) is 3.61. The van der Waals surface area contributed by atoms with Gasteiger partial charge in [0.2, 0.25) is 0 Å². The summed E-state index contributed by atoms with van der Waals surface area (Å²) < 4.78 is 0. The lowest BCUT2D eigenvalue weighted by Crippen LogP contribution is -2.56. The largest absolute Gasteiger partial charge is 0.316 e. The van der Waals surface area contributed by atoms with Crippen LogP contribution in [0.5, 0.6) is 0 Å². The lowest BCUT2D eigenvalue weighted by molar-refractivity contribution is 0.0315. The van der Waals surface area contributed by atoms with Crippen molar-refractivity contribution in [1.82, 2.24) is 15.1 Å². The van der Waals surface area contributed by atoms with Gasteiger partial charge in [0.05, 0.1) is 0 Å². The van der Waals surface area contributed by atoms with E-state index in [1.54, 1.807) is 0 Å². The zero-order chi connectivity index (χ0) is 13.9. The van der Waals surface area contributed by atoms with Crippen molar-refractivity contribution in [3.05, 3.63) is 0 Å². The van der Waals surface area contributed by atoms with Gasteiger partial charge in [-0.15, -0.1) is 0 Å². The van der Waals surface area contributed by atoms with Gasteiger partial charge in [-0.1, -0.05) is 6.92 Å². The summed E-state index contributed by atoms with van der Waals surface area (Å²) in [5.41, 5.74) is 0.878. The van der Waals surface area contributed by atoms with Crippen LogP contribution in [-0.4, -0.2) is 61.2 Å². The Morgan fingerprint density at radius 2 is 1.79 bits per heavy atom. The number of piperazine rings is 1. The van der Waals surface area contributed by atoms with Crippen LogP contribution in [0.4, 0.5) is 0 Å². The summed E-state index contributed by atoms with van der Waals surface area (Å²) in [6.45, 7) is 18.1. The second kappa shape index (κ2) is 6.11. The van der Waals surface area contributed by atoms with Crippen LogP contribution in [0, 0.1) is 5.41 Å². The van der Waals surface area contributed by atoms with Crippen LogP contribution in [0.3, 0.4) is 0 Å². The van der Waals surface area contributed by atoms with Crippen LogP contribution in [0.15, 0.2) is 0 Å². The molecule has 0 aromatic rings. The van der Waals surface area contributed by atoms with Gasteiger partial charge in [0.15, 0.2) is 0 Å². The molecule has 2 rings (SSSR count). The smallest absolute Gasteiger partial charge is 0.0126 e. The molecule has 2 saturated heterocycles. The van der Waals surface area contributed by atoms with Crippen LogP contribution in [-0.2, 0) is 0 Å². The Morgan fingerprint density at radius 1 is 1.11 bits per heavy atom. The molecule has 3 nitrogen and oxygen atoms in total. The molecule has 1 N–H and O–H groups in total. The van der Waals surface area contributed by atoms with Crippen molar-refractivity contribution in [2.45, 2.75) is 52.5 Å². The highest BCUT2D eigenvalue weighted by atomic mass is 15.3. The Balaban J connectivity index is 1.84. The summed E-state index contributed by atoms with van der Waals surface area (Å²) in [7, 11) is 0. The second-order valence-corrected chi connectivity index (χ2v) is 7.57. The minimum absolute atomic E-state index is 0.334. The molecule has 1 unspecified atom stereocenters. The topological polar surface area (TPSA) is 18.5 Å². The Morgan fingerprint density at radius 3 is 2.26 bits per heavy atom. The molecule has 2 aliphatic heterocycles. The van der Waals surface area contributed by atoms with Gasteiger partial charge < -0.3 is 10.2 Å². The molecule has 0 amide bonds. The van der Waals surface area contributed by atoms with Crippen molar-refractivity contribution in [3.63, 3.8) is 0 Å². The number of rotatable bonds is 3. The highest BCUT2D eigenvalue weighted by molar-refractivity contribution is 4.90. The third-order valence-electron chi connectivity index (χ3n) is 5.19. The van der Waals surface area contributed by atoms with E-state index in [4.69, 9.17) is 0 Å². The SMILES string of the molecule is CCC1(CN2CCN(C(C)(C)C)CC2)CCCNC1. The van der Waals surface area contributed by atoms with Crippen molar-refractivity contribution in [2.75, 3.05) is 45.8 Å². The van der Waals surface area contributed by atoms with Crippen LogP contribution in [0.2, 0.25) is 0 Å². The predicted octanol–water partition coefficient (Wildman–Crippen LogP) is 2.18. The first-order chi connectivity index (χ1) is 8.95. The first kappa shape index (κ1) is 15.3. The molecule has 1 atom stereocenters. The van der Waals surface area contributed by atoms with Gasteiger partial charge in [0.25, 0.3) is 0 Å². The lowest BCUT2D eigenvalue weighted by atomic mass is 9.77. The molecule has 2 aliphatic rings. The maximum Gasteiger partial charge on any atom is 0.0126 e. The Bertz CT molecular complexity index is 268. The molecule has 0 aromatic carbocycles. The zero-order valence-corrected chi connectivity index (χ0v) is 13.5. The fourth-order valence-electron chi connectivity index (χ4n) is 3.63. The van der Waals surface area contributed by atoms with E-state index in [9.17, 15) is 0 Å². The van der Waals surface area contributed by atoms with Gasteiger partial charge in [-0.05, 0) is 52.0 Å². The first-order valence-corrected chi connectivity index (χ1v) is 8.13. The monoisotopic (exact) mass is 267 g/mol. The third kappa shape index (κ3) is 3.93. The van der Waals surface area contributed by atoms with E-state index in [1.807, 2.05) is 0 Å². The van der Waals surface area contributed by atoms with E-state index in [0.717, 1.165) is 0 Å². The standard InChI is InChI=1S/C16H33N3/c1-5-16(7-6-8-17-13-16)14-18-9-11-19(12-10-18)15(2,3)4/h17H,5-14H2,1-4H3. The van der Waals surface area contributed by atoms with E-state index in [1.165, 1.54) is 65.1 Å². The molecule has 0 saturated carbocycles. The summed E-state index contributed by atoms with van der Waals surface area (Å²) in [4.78, 5) is 5.33. The zero-order valence-electron chi connectivity index (χ0n) is 13.5. The van der Waals surface area contributed by atoms with Gasteiger partial charge in [-0.2, -0.15) is 0 Å². The van der Waals surface area contributed by atoms with Crippen LogP contribution < -0.4 is 5.32 Å². The van der Waals surface area contributed by atoms with Crippen molar-refractivity contribution in [2.24, 2.45) is 5.41 Å². The molecule has 0 aromatic heterocycles. The highest BCUT2D eigenvalue weighted by Gasteiger charge is 2.34. The number of hydrogen-bond acceptors (Lipinski definition) is 3. The van der Waals surface area contributed by atoms with E-state index >= 15 is 0 Å². The van der Waals surface area contributed by atoms with E-state index in [2.05, 4.69) is 42.8 Å². The maximum absolute atomic E-state index is 3.61. The molecule has 0 aliphatic carbocycles. The summed E-state index contributed by atoms with van der Waals surface area (Å²) >= 11 is 0. The second-order valence-electron chi connectivity index (χ2n) is 7.57. The maximum atomic E-state index is 3.61. The lowest BCUT2D eigenvalue weighted by Gasteiger charge is -2.46. The Labute approximate surface area is 119 Å². The average Bonchev–Trinajstić information content (AvgIpc) is 2.39. The first-order valence-electron chi connectivity index (χ1n) is 8.13. The third-order valence-corrected chi connectivity index (χ3v) is 5.19. The predicted molar refractivity (Wildman–Crippen MR) is 82.6 cm³/mol. The van der Waals surface area contributed by atoms with Crippen molar-refractivity contribution < 1.29 is 0 Å². The molecule has 112 valence electrons. The van der Waals surface area contributed by atoms with Crippen LogP contribution >= 0.6 is 0 Å². The van der Waals surface area contributed by atoms with Crippen molar-refractivity contribution in [3.8, 4) is 0 Å². The number of piperidine rings is 1. The van der Waals surface area contributed by atoms with Crippen molar-refractivity contribution >= 4 is 0 Å². The molecule has 19 heavy (non-hydrogen) atoms. The van der Waals surface area contributed by atoms with E-state index < -0.39 is 0 Å². The van der Waals surface area contributed by atoms with Gasteiger partial charge in [-0.25, -0.2) is 0 Å². The number of nitrogens with zero attached hydrogens (tertiary/aromatic N) is 2. The number of nitrogens with one attached hydrogen (secondary N) is 1. The number of hydrogen-bond donors (Lipinski definition) is 1. The van der Waals surface area contributed by atoms with Gasteiger partial charge in [0, 0.05) is 44.8 Å². The summed E-state index contributed by atoms with van der Waals surface area (Å²) in [6, 6.07) is 0. The molecular weight excluding hydrogens is 234 g/mol. The van der Waals surface area contributed by atoms with Crippen LogP contribution in [0.25, 0.3) is 0 Å². The minimum atomic E-state index is 0.334. The average molecular weight is 267 g/mol. The summed E-state index contributed by atoms with van der Waals surface area (Å²) in [6.07, 6.45) is 4.09. The quantitative estimate of drug-likeness (QED) is 0.845. The van der Waals surface area contributed by atoms with E-state index in [0.29, 0.717) is 11.0 Å². The molecule has 0 bridgehead atoms. The normalized spacial score (nSPS) is 31.6. The van der Waals surface area contributed by atoms with Crippen molar-refractivity contribution in [1.29, 1.82) is 0 Å². The van der Waals surface area contributed by atoms with Gasteiger partial charge in [0.1, 0.15) is 0 Å². The Kier molecular flexibility index (Phi) is 4.91. The minimum Gasteiger partial charge on any atom is -0.316 e. The van der Waals surface area contributed by atoms with E-state index in [-0.39, 0.29) is 0 Å². The fourth-order valence-corrected chi connectivity index (χ4v) is 3.63. The molecule has 0 radical (unpaired) electrons. The molecule has 2 fully saturated rings.